The highest BCUT2D eigenvalue weighted by Gasteiger charge is 2.23. The van der Waals surface area contributed by atoms with Crippen LogP contribution in [0.25, 0.3) is 10.9 Å². The number of fused-ring (bicyclic) bond motifs is 3. The minimum absolute atomic E-state index is 0.252. The Bertz CT molecular complexity index is 684. The van der Waals surface area contributed by atoms with Crippen LogP contribution in [0.2, 0.25) is 0 Å². The van der Waals surface area contributed by atoms with Crippen molar-refractivity contribution in [3.05, 3.63) is 35.0 Å². The van der Waals surface area contributed by atoms with Gasteiger partial charge in [0.1, 0.15) is 0 Å². The van der Waals surface area contributed by atoms with Crippen molar-refractivity contribution in [1.29, 1.82) is 0 Å². The van der Waals surface area contributed by atoms with Crippen molar-refractivity contribution in [2.45, 2.75) is 46.1 Å². The molecule has 0 saturated heterocycles. The Morgan fingerprint density at radius 2 is 2.24 bits per heavy atom. The lowest BCUT2D eigenvalue weighted by Crippen LogP contribution is -2.13. The number of ether oxygens (including phenoxy) is 1. The molecule has 2 aromatic rings. The third-order valence-corrected chi connectivity index (χ3v) is 4.58. The van der Waals surface area contributed by atoms with E-state index < -0.39 is 0 Å². The summed E-state index contributed by atoms with van der Waals surface area (Å²) in [5, 5.41) is 1.24. The Hall–Kier alpha value is -1.77. The van der Waals surface area contributed by atoms with E-state index in [0.717, 1.165) is 31.7 Å². The van der Waals surface area contributed by atoms with Gasteiger partial charge in [-0.3, -0.25) is 0 Å². The number of nitrogens with zero attached hydrogens (tertiary/aromatic N) is 1. The number of benzene rings is 1. The summed E-state index contributed by atoms with van der Waals surface area (Å²) in [6, 6.07) is 5.99. The summed E-state index contributed by atoms with van der Waals surface area (Å²) >= 11 is 0. The quantitative estimate of drug-likeness (QED) is 0.799. The average Bonchev–Trinajstić information content (AvgIpc) is 2.80. The molecule has 1 atom stereocenters. The molecule has 1 heterocycles. The molecule has 21 heavy (non-hydrogen) atoms. The summed E-state index contributed by atoms with van der Waals surface area (Å²) in [7, 11) is 1.44. The maximum Gasteiger partial charge on any atom is 0.337 e. The molecule has 0 spiro atoms. The van der Waals surface area contributed by atoms with E-state index in [2.05, 4.69) is 24.5 Å². The molecule has 0 saturated carbocycles. The van der Waals surface area contributed by atoms with Crippen molar-refractivity contribution in [3.63, 3.8) is 0 Å². The molecule has 3 rings (SSSR count). The van der Waals surface area contributed by atoms with E-state index in [-0.39, 0.29) is 5.97 Å². The van der Waals surface area contributed by atoms with E-state index in [1.54, 1.807) is 0 Å². The Balaban J connectivity index is 2.21. The molecule has 3 heteroatoms. The first kappa shape index (κ1) is 14.2. The SMILES string of the molecule is CCCn1c2c(c3cc(C(=O)OC)ccc31)CC(C)CC2. The van der Waals surface area contributed by atoms with E-state index in [1.807, 2.05) is 12.1 Å². The molecular weight excluding hydrogens is 262 g/mol. The van der Waals surface area contributed by atoms with Crippen molar-refractivity contribution >= 4 is 16.9 Å². The highest BCUT2D eigenvalue weighted by atomic mass is 16.5. The predicted octanol–water partition coefficient (Wildman–Crippen LogP) is 3.96. The van der Waals surface area contributed by atoms with E-state index in [1.165, 1.54) is 35.7 Å². The number of carbonyl (C=O) groups is 1. The van der Waals surface area contributed by atoms with Crippen LogP contribution in [0.3, 0.4) is 0 Å². The molecule has 1 unspecified atom stereocenters. The van der Waals surface area contributed by atoms with Crippen molar-refractivity contribution in [3.8, 4) is 0 Å². The van der Waals surface area contributed by atoms with Gasteiger partial charge < -0.3 is 9.30 Å². The van der Waals surface area contributed by atoms with Crippen LogP contribution in [0.5, 0.6) is 0 Å². The molecular formula is C18H23NO2. The van der Waals surface area contributed by atoms with Gasteiger partial charge in [0.05, 0.1) is 12.7 Å². The fraction of sp³-hybridized carbons (Fsp3) is 0.500. The molecule has 3 nitrogen and oxygen atoms in total. The summed E-state index contributed by atoms with van der Waals surface area (Å²) in [6.45, 7) is 5.58. The van der Waals surface area contributed by atoms with Crippen molar-refractivity contribution in [1.82, 2.24) is 4.57 Å². The largest absolute Gasteiger partial charge is 0.465 e. The molecule has 1 aromatic heterocycles. The third kappa shape index (κ3) is 2.35. The standard InChI is InChI=1S/C18H23NO2/c1-4-9-19-16-7-5-12(2)10-14(16)15-11-13(18(20)21-3)6-8-17(15)19/h6,8,11-12H,4-5,7,9-10H2,1-3H3. The van der Waals surface area contributed by atoms with Crippen LogP contribution in [-0.2, 0) is 24.1 Å². The van der Waals surface area contributed by atoms with E-state index in [0.29, 0.717) is 5.56 Å². The normalized spacial score (nSPS) is 17.8. The topological polar surface area (TPSA) is 31.2 Å². The zero-order chi connectivity index (χ0) is 15.0. The zero-order valence-electron chi connectivity index (χ0n) is 13.1. The summed E-state index contributed by atoms with van der Waals surface area (Å²) in [6.07, 6.45) is 4.66. The van der Waals surface area contributed by atoms with Crippen molar-refractivity contribution < 1.29 is 9.53 Å². The van der Waals surface area contributed by atoms with Gasteiger partial charge in [0.2, 0.25) is 0 Å². The monoisotopic (exact) mass is 285 g/mol. The van der Waals surface area contributed by atoms with Gasteiger partial charge in [0.15, 0.2) is 0 Å². The van der Waals surface area contributed by atoms with Crippen LogP contribution < -0.4 is 0 Å². The molecule has 0 bridgehead atoms. The van der Waals surface area contributed by atoms with Gasteiger partial charge in [-0.2, -0.15) is 0 Å². The minimum Gasteiger partial charge on any atom is -0.465 e. The smallest absolute Gasteiger partial charge is 0.337 e. The minimum atomic E-state index is -0.252. The molecule has 0 radical (unpaired) electrons. The van der Waals surface area contributed by atoms with Gasteiger partial charge >= 0.3 is 5.97 Å². The first-order valence-electron chi connectivity index (χ1n) is 7.88. The van der Waals surface area contributed by atoms with Crippen LogP contribution in [0, 0.1) is 5.92 Å². The molecule has 0 fully saturated rings. The first-order chi connectivity index (χ1) is 10.2. The molecule has 1 aromatic carbocycles. The summed E-state index contributed by atoms with van der Waals surface area (Å²) in [5.41, 5.74) is 4.85. The number of hydrogen-bond acceptors (Lipinski definition) is 2. The maximum absolute atomic E-state index is 11.8. The lowest BCUT2D eigenvalue weighted by Gasteiger charge is -2.20. The summed E-state index contributed by atoms with van der Waals surface area (Å²) in [4.78, 5) is 11.8. The van der Waals surface area contributed by atoms with Crippen LogP contribution in [0.4, 0.5) is 0 Å². The van der Waals surface area contributed by atoms with Crippen LogP contribution in [0.1, 0.15) is 48.3 Å². The number of rotatable bonds is 3. The number of carbonyl (C=O) groups excluding carboxylic acids is 1. The predicted molar refractivity (Wildman–Crippen MR) is 84.8 cm³/mol. The second-order valence-corrected chi connectivity index (χ2v) is 6.15. The number of methoxy groups -OCH3 is 1. The molecule has 0 N–H and O–H groups in total. The van der Waals surface area contributed by atoms with Gasteiger partial charge in [-0.25, -0.2) is 4.79 Å². The Morgan fingerprint density at radius 1 is 1.43 bits per heavy atom. The second kappa shape index (κ2) is 5.55. The van der Waals surface area contributed by atoms with E-state index in [9.17, 15) is 4.79 Å². The first-order valence-corrected chi connectivity index (χ1v) is 7.88. The Labute approximate surface area is 125 Å². The number of esters is 1. The average molecular weight is 285 g/mol. The zero-order valence-corrected chi connectivity index (χ0v) is 13.1. The lowest BCUT2D eigenvalue weighted by molar-refractivity contribution is 0.0601. The molecule has 0 aliphatic heterocycles. The van der Waals surface area contributed by atoms with Gasteiger partial charge in [-0.15, -0.1) is 0 Å². The van der Waals surface area contributed by atoms with Crippen LogP contribution >= 0.6 is 0 Å². The fourth-order valence-corrected chi connectivity index (χ4v) is 3.55. The molecule has 112 valence electrons. The lowest BCUT2D eigenvalue weighted by atomic mass is 9.87. The van der Waals surface area contributed by atoms with Crippen LogP contribution in [-0.4, -0.2) is 17.6 Å². The fourth-order valence-electron chi connectivity index (χ4n) is 3.55. The number of hydrogen-bond donors (Lipinski definition) is 0. The third-order valence-electron chi connectivity index (χ3n) is 4.58. The Morgan fingerprint density at radius 3 is 2.95 bits per heavy atom. The molecule has 1 aliphatic rings. The molecule has 0 amide bonds. The van der Waals surface area contributed by atoms with Crippen molar-refractivity contribution in [2.24, 2.45) is 5.92 Å². The Kier molecular flexibility index (Phi) is 3.75. The molecule has 1 aliphatic carbocycles. The highest BCUT2D eigenvalue weighted by molar-refractivity contribution is 5.96. The van der Waals surface area contributed by atoms with Gasteiger partial charge in [0, 0.05) is 23.1 Å². The second-order valence-electron chi connectivity index (χ2n) is 6.15. The highest BCUT2D eigenvalue weighted by Crippen LogP contribution is 2.35. The number of aromatic nitrogens is 1. The maximum atomic E-state index is 11.8. The van der Waals surface area contributed by atoms with E-state index in [4.69, 9.17) is 4.74 Å². The van der Waals surface area contributed by atoms with Gasteiger partial charge in [0.25, 0.3) is 0 Å². The number of aryl methyl sites for hydroxylation is 1. The van der Waals surface area contributed by atoms with Crippen LogP contribution in [0.15, 0.2) is 18.2 Å². The summed E-state index contributed by atoms with van der Waals surface area (Å²) in [5.74, 6) is 0.470. The van der Waals surface area contributed by atoms with Gasteiger partial charge in [-0.1, -0.05) is 13.8 Å². The van der Waals surface area contributed by atoms with Gasteiger partial charge in [-0.05, 0) is 55.4 Å². The van der Waals surface area contributed by atoms with Crippen molar-refractivity contribution in [2.75, 3.05) is 7.11 Å². The summed E-state index contributed by atoms with van der Waals surface area (Å²) < 4.78 is 7.31. The van der Waals surface area contributed by atoms with E-state index >= 15 is 0 Å².